The van der Waals surface area contributed by atoms with E-state index in [1.807, 2.05) is 6.92 Å². The molecule has 154 valence electrons. The van der Waals surface area contributed by atoms with E-state index in [9.17, 15) is 13.2 Å². The number of hydrogen-bond donors (Lipinski definition) is 0. The van der Waals surface area contributed by atoms with Gasteiger partial charge >= 0.3 is 12.2 Å². The first-order valence-corrected chi connectivity index (χ1v) is 9.41. The van der Waals surface area contributed by atoms with Gasteiger partial charge in [-0.15, -0.1) is 0 Å². The zero-order valence-corrected chi connectivity index (χ0v) is 16.4. The molecule has 0 atom stereocenters. The van der Waals surface area contributed by atoms with Gasteiger partial charge in [0.25, 0.3) is 0 Å². The zero-order valence-electron chi connectivity index (χ0n) is 16.4. The lowest BCUT2D eigenvalue weighted by Crippen LogP contribution is -2.20. The number of halogens is 3. The fourth-order valence-electron chi connectivity index (χ4n) is 2.58. The van der Waals surface area contributed by atoms with Crippen molar-refractivity contribution < 1.29 is 22.6 Å². The van der Waals surface area contributed by atoms with Gasteiger partial charge in [0, 0.05) is 13.2 Å². The highest BCUT2D eigenvalue weighted by Gasteiger charge is 2.37. The first kappa shape index (κ1) is 21.8. The normalized spacial score (nSPS) is 11.4. The molecular formula is C20H26F3N3O2. The number of hydrogen-bond acceptors (Lipinski definition) is 5. The van der Waals surface area contributed by atoms with Crippen molar-refractivity contribution in [2.45, 2.75) is 45.7 Å². The van der Waals surface area contributed by atoms with Crippen LogP contribution in [0.4, 0.5) is 24.7 Å². The first-order chi connectivity index (χ1) is 13.4. The van der Waals surface area contributed by atoms with Gasteiger partial charge in [-0.25, -0.2) is 4.98 Å². The number of aromatic nitrogens is 2. The lowest BCUT2D eigenvalue weighted by molar-refractivity contribution is -0.137. The highest BCUT2D eigenvalue weighted by molar-refractivity contribution is 5.68. The highest BCUT2D eigenvalue weighted by atomic mass is 19.4. The van der Waals surface area contributed by atoms with Gasteiger partial charge in [-0.2, -0.15) is 18.2 Å². The van der Waals surface area contributed by atoms with Crippen molar-refractivity contribution in [3.8, 4) is 11.8 Å². The minimum absolute atomic E-state index is 0.0851. The molecule has 0 spiro atoms. The Morgan fingerprint density at radius 3 is 2.43 bits per heavy atom. The van der Waals surface area contributed by atoms with E-state index in [1.165, 1.54) is 11.9 Å². The molecule has 2 aromatic rings. The minimum Gasteiger partial charge on any atom is -0.491 e. The van der Waals surface area contributed by atoms with Crippen LogP contribution in [0.3, 0.4) is 0 Å². The average Bonchev–Trinajstić information content (AvgIpc) is 2.68. The Kier molecular flexibility index (Phi) is 7.90. The number of benzene rings is 1. The van der Waals surface area contributed by atoms with Crippen LogP contribution in [-0.2, 0) is 6.18 Å². The number of anilines is 2. The van der Waals surface area contributed by atoms with Crippen LogP contribution in [0.5, 0.6) is 11.8 Å². The van der Waals surface area contributed by atoms with Crippen molar-refractivity contribution >= 4 is 11.5 Å². The Labute approximate surface area is 163 Å². The van der Waals surface area contributed by atoms with E-state index in [-0.39, 0.29) is 11.8 Å². The summed E-state index contributed by atoms with van der Waals surface area (Å²) in [6.07, 6.45) is -0.172. The van der Waals surface area contributed by atoms with Gasteiger partial charge in [0.05, 0.1) is 18.9 Å². The monoisotopic (exact) mass is 397 g/mol. The fourth-order valence-corrected chi connectivity index (χ4v) is 2.58. The van der Waals surface area contributed by atoms with Gasteiger partial charge in [-0.05, 0) is 25.0 Å². The zero-order chi connectivity index (χ0) is 20.6. The second-order valence-electron chi connectivity index (χ2n) is 6.32. The molecule has 0 aliphatic carbocycles. The largest absolute Gasteiger partial charge is 0.491 e. The lowest BCUT2D eigenvalue weighted by atomic mass is 10.2. The second kappa shape index (κ2) is 10.1. The van der Waals surface area contributed by atoms with Crippen molar-refractivity contribution in [3.63, 3.8) is 0 Å². The molecule has 0 fully saturated rings. The molecule has 0 radical (unpaired) electrons. The third-order valence-electron chi connectivity index (χ3n) is 4.04. The fraction of sp³-hybridized carbons (Fsp3) is 0.500. The van der Waals surface area contributed by atoms with Crippen molar-refractivity contribution in [1.29, 1.82) is 0 Å². The van der Waals surface area contributed by atoms with Crippen LogP contribution in [0.1, 0.15) is 45.1 Å². The highest BCUT2D eigenvalue weighted by Crippen LogP contribution is 2.40. The van der Waals surface area contributed by atoms with Crippen molar-refractivity contribution in [2.24, 2.45) is 0 Å². The third-order valence-corrected chi connectivity index (χ3v) is 4.04. The summed E-state index contributed by atoms with van der Waals surface area (Å²) in [6, 6.07) is 6.88. The number of rotatable bonds is 10. The molecule has 8 heteroatoms. The van der Waals surface area contributed by atoms with Gasteiger partial charge in [0.15, 0.2) is 5.82 Å². The molecule has 0 unspecified atom stereocenters. The summed E-state index contributed by atoms with van der Waals surface area (Å²) in [4.78, 5) is 9.08. The maximum atomic E-state index is 13.5. The molecular weight excluding hydrogens is 371 g/mol. The number of para-hydroxylation sites is 2. The van der Waals surface area contributed by atoms with Crippen LogP contribution < -0.4 is 14.4 Å². The summed E-state index contributed by atoms with van der Waals surface area (Å²) < 4.78 is 51.7. The smallest absolute Gasteiger partial charge is 0.421 e. The molecule has 1 aromatic carbocycles. The van der Waals surface area contributed by atoms with Crippen LogP contribution >= 0.6 is 0 Å². The molecule has 0 aliphatic heterocycles. The molecule has 0 N–H and O–H groups in total. The number of unbranched alkanes of at least 4 members (excludes halogenated alkanes) is 2. The van der Waals surface area contributed by atoms with Crippen LogP contribution in [0.15, 0.2) is 30.5 Å². The quantitative estimate of drug-likeness (QED) is 0.487. The van der Waals surface area contributed by atoms with E-state index >= 15 is 0 Å². The van der Waals surface area contributed by atoms with Gasteiger partial charge in [0.2, 0.25) is 0 Å². The summed E-state index contributed by atoms with van der Waals surface area (Å²) in [5, 5.41) is 0. The number of nitrogens with zero attached hydrogens (tertiary/aromatic N) is 3. The molecule has 1 aromatic heterocycles. The van der Waals surface area contributed by atoms with Crippen LogP contribution in [-0.4, -0.2) is 30.2 Å². The van der Waals surface area contributed by atoms with Gasteiger partial charge in [-0.1, -0.05) is 38.8 Å². The number of alkyl halides is 3. The minimum atomic E-state index is -4.59. The summed E-state index contributed by atoms with van der Waals surface area (Å²) >= 11 is 0. The predicted octanol–water partition coefficient (Wildman–Crippen LogP) is 5.62. The maximum absolute atomic E-state index is 13.5. The topological polar surface area (TPSA) is 47.5 Å². The van der Waals surface area contributed by atoms with Crippen molar-refractivity contribution in [2.75, 3.05) is 25.2 Å². The number of ether oxygens (including phenoxy) is 2. The van der Waals surface area contributed by atoms with Crippen LogP contribution in [0.25, 0.3) is 0 Å². The van der Waals surface area contributed by atoms with Crippen LogP contribution in [0.2, 0.25) is 0 Å². The van der Waals surface area contributed by atoms with Crippen molar-refractivity contribution in [1.82, 2.24) is 9.97 Å². The summed E-state index contributed by atoms with van der Waals surface area (Å²) in [7, 11) is 1.52. The summed E-state index contributed by atoms with van der Waals surface area (Å²) in [5.74, 6) is 0.224. The molecule has 0 amide bonds. The van der Waals surface area contributed by atoms with Crippen molar-refractivity contribution in [3.05, 3.63) is 36.0 Å². The Bertz CT molecular complexity index is 754. The SMILES string of the molecule is CCCCCOc1ccccc1N(C)c1nc(OCCC)ncc1C(F)(F)F. The Balaban J connectivity index is 2.37. The molecule has 0 saturated heterocycles. The van der Waals surface area contributed by atoms with Gasteiger partial charge in [0.1, 0.15) is 11.3 Å². The molecule has 5 nitrogen and oxygen atoms in total. The standard InChI is InChI=1S/C20H26F3N3O2/c1-4-6-9-13-27-17-11-8-7-10-16(17)26(3)18-15(20(21,22)23)14-24-19(25-18)28-12-5-2/h7-8,10-11,14H,4-6,9,12-13H2,1-3H3. The van der Waals surface area contributed by atoms with E-state index in [1.54, 1.807) is 24.3 Å². The van der Waals surface area contributed by atoms with Gasteiger partial charge < -0.3 is 14.4 Å². The third kappa shape index (κ3) is 5.74. The molecule has 0 aliphatic rings. The lowest BCUT2D eigenvalue weighted by Gasteiger charge is -2.24. The molecule has 0 saturated carbocycles. The Morgan fingerprint density at radius 1 is 1.00 bits per heavy atom. The van der Waals surface area contributed by atoms with E-state index < -0.39 is 11.7 Å². The molecule has 2 rings (SSSR count). The van der Waals surface area contributed by atoms with E-state index in [0.29, 0.717) is 31.1 Å². The van der Waals surface area contributed by atoms with E-state index in [4.69, 9.17) is 9.47 Å². The average molecular weight is 397 g/mol. The van der Waals surface area contributed by atoms with E-state index in [2.05, 4.69) is 16.9 Å². The first-order valence-electron chi connectivity index (χ1n) is 9.41. The van der Waals surface area contributed by atoms with E-state index in [0.717, 1.165) is 25.5 Å². The summed E-state index contributed by atoms with van der Waals surface area (Å²) in [6.45, 7) is 4.81. The second-order valence-corrected chi connectivity index (χ2v) is 6.32. The Morgan fingerprint density at radius 2 is 1.75 bits per heavy atom. The Hall–Kier alpha value is -2.51. The maximum Gasteiger partial charge on any atom is 0.421 e. The molecule has 0 bridgehead atoms. The predicted molar refractivity (Wildman–Crippen MR) is 102 cm³/mol. The van der Waals surface area contributed by atoms with Crippen LogP contribution in [0, 0.1) is 0 Å². The molecule has 28 heavy (non-hydrogen) atoms. The van der Waals surface area contributed by atoms with Gasteiger partial charge in [-0.3, -0.25) is 0 Å². The molecule has 1 heterocycles. The summed E-state index contributed by atoms with van der Waals surface area (Å²) in [5.41, 5.74) is -0.440.